The van der Waals surface area contributed by atoms with Gasteiger partial charge in [-0.15, -0.1) is 0 Å². The van der Waals surface area contributed by atoms with Crippen molar-refractivity contribution < 1.29 is 9.18 Å². The van der Waals surface area contributed by atoms with Gasteiger partial charge in [-0.2, -0.15) is 0 Å². The first-order valence-electron chi connectivity index (χ1n) is 3.89. The summed E-state index contributed by atoms with van der Waals surface area (Å²) in [4.78, 5) is 10.5. The second-order valence-corrected chi connectivity index (χ2v) is 2.73. The standard InChI is InChI=1S/C7H13FN2O/c8-4-7(11)10-5-6-2-1-3-9-6/h6,9H,1-5H2,(H,10,11). The van der Waals surface area contributed by atoms with Crippen molar-refractivity contribution in [1.29, 1.82) is 0 Å². The van der Waals surface area contributed by atoms with Gasteiger partial charge in [-0.25, -0.2) is 4.39 Å². The fraction of sp³-hybridized carbons (Fsp3) is 0.857. The van der Waals surface area contributed by atoms with Crippen molar-refractivity contribution in [3.05, 3.63) is 0 Å². The third-order valence-electron chi connectivity index (χ3n) is 1.83. The van der Waals surface area contributed by atoms with Crippen LogP contribution < -0.4 is 10.6 Å². The van der Waals surface area contributed by atoms with Gasteiger partial charge in [-0.3, -0.25) is 4.79 Å². The van der Waals surface area contributed by atoms with Gasteiger partial charge in [0.05, 0.1) is 0 Å². The molecule has 0 radical (unpaired) electrons. The second-order valence-electron chi connectivity index (χ2n) is 2.73. The lowest BCUT2D eigenvalue weighted by Gasteiger charge is -2.09. The van der Waals surface area contributed by atoms with E-state index in [-0.39, 0.29) is 0 Å². The summed E-state index contributed by atoms with van der Waals surface area (Å²) >= 11 is 0. The zero-order valence-electron chi connectivity index (χ0n) is 6.40. The topological polar surface area (TPSA) is 41.1 Å². The van der Waals surface area contributed by atoms with Gasteiger partial charge in [0.25, 0.3) is 5.91 Å². The van der Waals surface area contributed by atoms with Gasteiger partial charge in [-0.05, 0) is 19.4 Å². The Morgan fingerprint density at radius 3 is 3.09 bits per heavy atom. The highest BCUT2D eigenvalue weighted by Gasteiger charge is 2.13. The van der Waals surface area contributed by atoms with Crippen molar-refractivity contribution in [2.75, 3.05) is 19.8 Å². The number of alkyl halides is 1. The molecule has 2 N–H and O–H groups in total. The normalized spacial score (nSPS) is 23.5. The Balaban J connectivity index is 2.06. The van der Waals surface area contributed by atoms with Crippen LogP contribution in [-0.2, 0) is 4.79 Å². The molecule has 4 heteroatoms. The molecular weight excluding hydrogens is 147 g/mol. The van der Waals surface area contributed by atoms with Crippen LogP contribution in [0.4, 0.5) is 4.39 Å². The first kappa shape index (κ1) is 8.46. The van der Waals surface area contributed by atoms with Crippen molar-refractivity contribution in [3.8, 4) is 0 Å². The van der Waals surface area contributed by atoms with E-state index in [2.05, 4.69) is 10.6 Å². The molecule has 0 saturated carbocycles. The van der Waals surface area contributed by atoms with E-state index in [9.17, 15) is 9.18 Å². The maximum absolute atomic E-state index is 11.6. The maximum Gasteiger partial charge on any atom is 0.251 e. The van der Waals surface area contributed by atoms with Crippen LogP contribution in [-0.4, -0.2) is 31.7 Å². The Labute approximate surface area is 65.3 Å². The predicted molar refractivity (Wildman–Crippen MR) is 40.0 cm³/mol. The molecule has 0 spiro atoms. The van der Waals surface area contributed by atoms with Crippen LogP contribution in [0.25, 0.3) is 0 Å². The lowest BCUT2D eigenvalue weighted by molar-refractivity contribution is -0.122. The summed E-state index contributed by atoms with van der Waals surface area (Å²) in [5, 5.41) is 5.70. The summed E-state index contributed by atoms with van der Waals surface area (Å²) in [5.74, 6) is -0.515. The molecule has 11 heavy (non-hydrogen) atoms. The van der Waals surface area contributed by atoms with Crippen LogP contribution in [0.3, 0.4) is 0 Å². The lowest BCUT2D eigenvalue weighted by Crippen LogP contribution is -2.37. The van der Waals surface area contributed by atoms with E-state index in [0.717, 1.165) is 19.4 Å². The third-order valence-corrected chi connectivity index (χ3v) is 1.83. The smallest absolute Gasteiger partial charge is 0.251 e. The highest BCUT2D eigenvalue weighted by Crippen LogP contribution is 2.02. The molecule has 1 fully saturated rings. The fourth-order valence-electron chi connectivity index (χ4n) is 1.22. The number of halogens is 1. The van der Waals surface area contributed by atoms with E-state index >= 15 is 0 Å². The number of hydrogen-bond donors (Lipinski definition) is 2. The number of rotatable bonds is 3. The third kappa shape index (κ3) is 2.84. The second kappa shape index (κ2) is 4.28. The van der Waals surface area contributed by atoms with Crippen LogP contribution in [0.1, 0.15) is 12.8 Å². The van der Waals surface area contributed by atoms with Crippen molar-refractivity contribution in [2.45, 2.75) is 18.9 Å². The fourth-order valence-corrected chi connectivity index (χ4v) is 1.22. The molecule has 1 atom stereocenters. The molecule has 1 unspecified atom stereocenters. The SMILES string of the molecule is O=C(CF)NCC1CCCN1. The van der Waals surface area contributed by atoms with E-state index in [0.29, 0.717) is 12.6 Å². The quantitative estimate of drug-likeness (QED) is 0.601. The van der Waals surface area contributed by atoms with Crippen LogP contribution in [0.2, 0.25) is 0 Å². The van der Waals surface area contributed by atoms with Crippen molar-refractivity contribution >= 4 is 5.91 Å². The summed E-state index contributed by atoms with van der Waals surface area (Å²) in [7, 11) is 0. The Morgan fingerprint density at radius 2 is 2.55 bits per heavy atom. The highest BCUT2D eigenvalue weighted by atomic mass is 19.1. The van der Waals surface area contributed by atoms with Gasteiger partial charge in [0.15, 0.2) is 6.67 Å². The largest absolute Gasteiger partial charge is 0.352 e. The average Bonchev–Trinajstić information content (AvgIpc) is 2.52. The minimum atomic E-state index is -0.910. The summed E-state index contributed by atoms with van der Waals surface area (Å²) in [6, 6.07) is 0.352. The molecule has 1 rings (SSSR count). The van der Waals surface area contributed by atoms with Crippen LogP contribution >= 0.6 is 0 Å². The van der Waals surface area contributed by atoms with Gasteiger partial charge in [0, 0.05) is 12.6 Å². The molecule has 64 valence electrons. The maximum atomic E-state index is 11.6. The average molecular weight is 160 g/mol. The predicted octanol–water partition coefficient (Wildman–Crippen LogP) is -0.176. The molecule has 0 aromatic rings. The zero-order valence-corrected chi connectivity index (χ0v) is 6.40. The minimum Gasteiger partial charge on any atom is -0.352 e. The molecular formula is C7H13FN2O. The molecule has 1 aliphatic heterocycles. The van der Waals surface area contributed by atoms with Gasteiger partial charge in [0.2, 0.25) is 0 Å². The van der Waals surface area contributed by atoms with Gasteiger partial charge in [-0.1, -0.05) is 0 Å². The first-order chi connectivity index (χ1) is 5.33. The van der Waals surface area contributed by atoms with Crippen LogP contribution in [0.5, 0.6) is 0 Å². The van der Waals surface area contributed by atoms with Gasteiger partial charge < -0.3 is 10.6 Å². The Hall–Kier alpha value is -0.640. The Morgan fingerprint density at radius 1 is 1.73 bits per heavy atom. The molecule has 3 nitrogen and oxygen atoms in total. The zero-order chi connectivity index (χ0) is 8.10. The summed E-state index contributed by atoms with van der Waals surface area (Å²) < 4.78 is 11.6. The molecule has 1 heterocycles. The molecule has 1 saturated heterocycles. The van der Waals surface area contributed by atoms with Crippen molar-refractivity contribution in [3.63, 3.8) is 0 Å². The number of hydrogen-bond acceptors (Lipinski definition) is 2. The first-order valence-corrected chi connectivity index (χ1v) is 3.89. The Kier molecular flexibility index (Phi) is 3.29. The lowest BCUT2D eigenvalue weighted by atomic mass is 10.2. The number of carbonyl (C=O) groups excluding carboxylic acids is 1. The number of nitrogens with one attached hydrogen (secondary N) is 2. The number of amides is 1. The molecule has 1 aliphatic rings. The van der Waals surface area contributed by atoms with E-state index in [1.54, 1.807) is 0 Å². The Bertz CT molecular complexity index is 134. The molecule has 0 aromatic carbocycles. The van der Waals surface area contributed by atoms with E-state index in [1.165, 1.54) is 0 Å². The number of carbonyl (C=O) groups is 1. The van der Waals surface area contributed by atoms with E-state index in [1.807, 2.05) is 0 Å². The monoisotopic (exact) mass is 160 g/mol. The van der Waals surface area contributed by atoms with E-state index < -0.39 is 12.6 Å². The van der Waals surface area contributed by atoms with Gasteiger partial charge >= 0.3 is 0 Å². The van der Waals surface area contributed by atoms with Crippen molar-refractivity contribution in [1.82, 2.24) is 10.6 Å². The molecule has 1 amide bonds. The molecule has 0 aliphatic carbocycles. The van der Waals surface area contributed by atoms with E-state index in [4.69, 9.17) is 0 Å². The molecule has 0 bridgehead atoms. The minimum absolute atomic E-state index is 0.352. The summed E-state index contributed by atoms with van der Waals surface area (Å²) in [5.41, 5.74) is 0. The highest BCUT2D eigenvalue weighted by molar-refractivity contribution is 5.76. The molecule has 0 aromatic heterocycles. The van der Waals surface area contributed by atoms with Gasteiger partial charge in [0.1, 0.15) is 0 Å². The van der Waals surface area contributed by atoms with Crippen LogP contribution in [0, 0.1) is 0 Å². The summed E-state index contributed by atoms with van der Waals surface area (Å²) in [6.45, 7) is 0.658. The summed E-state index contributed by atoms with van der Waals surface area (Å²) in [6.07, 6.45) is 2.22. The van der Waals surface area contributed by atoms with Crippen molar-refractivity contribution in [2.24, 2.45) is 0 Å². The van der Waals surface area contributed by atoms with Crippen LogP contribution in [0.15, 0.2) is 0 Å².